The summed E-state index contributed by atoms with van der Waals surface area (Å²) in [5.41, 5.74) is 4.16. The minimum absolute atomic E-state index is 0.274. The van der Waals surface area contributed by atoms with Gasteiger partial charge >= 0.3 is 0 Å². The molecule has 1 aromatic rings. The molecule has 0 fully saturated rings. The van der Waals surface area contributed by atoms with Crippen LogP contribution >= 0.6 is 11.8 Å². The predicted molar refractivity (Wildman–Crippen MR) is 68.8 cm³/mol. The Hall–Kier alpha value is -0.980. The van der Waals surface area contributed by atoms with E-state index in [1.54, 1.807) is 11.8 Å². The Kier molecular flexibility index (Phi) is 3.46. The molecule has 0 saturated carbocycles. The summed E-state index contributed by atoms with van der Waals surface area (Å²) in [5.74, 6) is 0. The minimum atomic E-state index is -3.50. The van der Waals surface area contributed by atoms with E-state index in [-0.39, 0.29) is 5.25 Å². The van der Waals surface area contributed by atoms with Crippen molar-refractivity contribution in [2.75, 3.05) is 6.26 Å². The van der Waals surface area contributed by atoms with Gasteiger partial charge in [-0.2, -0.15) is 12.7 Å². The summed E-state index contributed by atoms with van der Waals surface area (Å²) in [5, 5.41) is 0.274. The summed E-state index contributed by atoms with van der Waals surface area (Å²) in [6.07, 6.45) is 2.95. The third kappa shape index (κ3) is 3.24. The fourth-order valence-electron chi connectivity index (χ4n) is 1.56. The van der Waals surface area contributed by atoms with Gasteiger partial charge in [-0.25, -0.2) is 5.48 Å². The molecule has 0 amide bonds. The summed E-state index contributed by atoms with van der Waals surface area (Å²) in [7, 11) is -3.50. The maximum atomic E-state index is 11.0. The summed E-state index contributed by atoms with van der Waals surface area (Å²) in [6.45, 7) is 2.04. The molecule has 1 unspecified atom stereocenters. The van der Waals surface area contributed by atoms with Gasteiger partial charge < -0.3 is 0 Å². The fourth-order valence-corrected chi connectivity index (χ4v) is 2.87. The van der Waals surface area contributed by atoms with E-state index in [1.165, 1.54) is 0 Å². The lowest BCUT2D eigenvalue weighted by molar-refractivity contribution is 0.261. The van der Waals surface area contributed by atoms with Gasteiger partial charge in [0.15, 0.2) is 0 Å². The zero-order valence-electron chi connectivity index (χ0n) is 9.51. The first-order valence-electron chi connectivity index (χ1n) is 5.08. The molecule has 0 aliphatic carbocycles. The van der Waals surface area contributed by atoms with Crippen molar-refractivity contribution in [3.8, 4) is 0 Å². The van der Waals surface area contributed by atoms with Gasteiger partial charge in [0.25, 0.3) is 10.1 Å². The standard InChI is InChI=1S/C11H13NO3S2/c1-8-7-10(12-15-17(2,13)14)9-5-3-4-6-11(9)16-8/h3-8,12H,1-2H3. The third-order valence-corrected chi connectivity index (χ3v) is 3.70. The normalized spacial score (nSPS) is 19.4. The van der Waals surface area contributed by atoms with Gasteiger partial charge in [-0.1, -0.05) is 18.2 Å². The Labute approximate surface area is 105 Å². The second kappa shape index (κ2) is 4.72. The maximum Gasteiger partial charge on any atom is 0.284 e. The van der Waals surface area contributed by atoms with Crippen LogP contribution in [0, 0.1) is 0 Å². The molecule has 2 rings (SSSR count). The lowest BCUT2D eigenvalue weighted by Crippen LogP contribution is -2.20. The molecule has 1 aliphatic rings. The van der Waals surface area contributed by atoms with E-state index in [0.717, 1.165) is 16.7 Å². The molecule has 1 atom stereocenters. The fraction of sp³-hybridized carbons (Fsp3) is 0.273. The smallest absolute Gasteiger partial charge is 0.249 e. The Morgan fingerprint density at radius 2 is 2.06 bits per heavy atom. The van der Waals surface area contributed by atoms with Crippen LogP contribution in [-0.2, 0) is 14.4 Å². The van der Waals surface area contributed by atoms with Crippen LogP contribution < -0.4 is 5.48 Å². The van der Waals surface area contributed by atoms with E-state index in [2.05, 4.69) is 9.76 Å². The molecular formula is C11H13NO3S2. The lowest BCUT2D eigenvalue weighted by atomic mass is 10.1. The van der Waals surface area contributed by atoms with Crippen molar-refractivity contribution < 1.29 is 12.7 Å². The molecule has 1 N–H and O–H groups in total. The van der Waals surface area contributed by atoms with Crippen molar-refractivity contribution in [3.63, 3.8) is 0 Å². The van der Waals surface area contributed by atoms with Crippen molar-refractivity contribution >= 4 is 27.6 Å². The van der Waals surface area contributed by atoms with Crippen LogP contribution in [0.4, 0.5) is 0 Å². The Morgan fingerprint density at radius 3 is 2.76 bits per heavy atom. The monoisotopic (exact) mass is 271 g/mol. The van der Waals surface area contributed by atoms with E-state index < -0.39 is 10.1 Å². The summed E-state index contributed by atoms with van der Waals surface area (Å²) < 4.78 is 26.5. The zero-order valence-corrected chi connectivity index (χ0v) is 11.1. The zero-order chi connectivity index (χ0) is 12.5. The van der Waals surface area contributed by atoms with E-state index in [9.17, 15) is 8.42 Å². The molecule has 0 aromatic heterocycles. The highest BCUT2D eigenvalue weighted by atomic mass is 32.2. The molecule has 0 spiro atoms. The van der Waals surface area contributed by atoms with Gasteiger partial charge in [0, 0.05) is 15.7 Å². The quantitative estimate of drug-likeness (QED) is 0.852. The van der Waals surface area contributed by atoms with Crippen LogP contribution in [-0.4, -0.2) is 19.9 Å². The maximum absolute atomic E-state index is 11.0. The Bertz CT molecular complexity index is 552. The minimum Gasteiger partial charge on any atom is -0.249 e. The highest BCUT2D eigenvalue weighted by Gasteiger charge is 2.18. The van der Waals surface area contributed by atoms with E-state index in [4.69, 9.17) is 0 Å². The van der Waals surface area contributed by atoms with Gasteiger partial charge in [-0.05, 0) is 19.1 Å². The highest BCUT2D eigenvalue weighted by molar-refractivity contribution is 8.00. The van der Waals surface area contributed by atoms with Crippen molar-refractivity contribution in [3.05, 3.63) is 35.9 Å². The summed E-state index contributed by atoms with van der Waals surface area (Å²) >= 11 is 1.73. The van der Waals surface area contributed by atoms with Gasteiger partial charge in [-0.3, -0.25) is 0 Å². The molecule has 0 saturated heterocycles. The first kappa shape index (κ1) is 12.5. The molecule has 1 aromatic carbocycles. The molecular weight excluding hydrogens is 258 g/mol. The number of fused-ring (bicyclic) bond motifs is 1. The SMILES string of the molecule is CC1C=C(NOS(C)(=O)=O)c2ccccc2S1. The van der Waals surface area contributed by atoms with Crippen molar-refractivity contribution in [2.45, 2.75) is 17.1 Å². The Morgan fingerprint density at radius 1 is 1.35 bits per heavy atom. The highest BCUT2D eigenvalue weighted by Crippen LogP contribution is 2.36. The van der Waals surface area contributed by atoms with Crippen molar-refractivity contribution in [1.29, 1.82) is 0 Å². The van der Waals surface area contributed by atoms with E-state index >= 15 is 0 Å². The Balaban J connectivity index is 2.26. The number of nitrogens with one attached hydrogen (secondary N) is 1. The molecule has 0 radical (unpaired) electrons. The molecule has 1 aliphatic heterocycles. The number of hydrogen-bond acceptors (Lipinski definition) is 5. The summed E-state index contributed by atoms with van der Waals surface area (Å²) in [6, 6.07) is 7.80. The van der Waals surface area contributed by atoms with E-state index in [0.29, 0.717) is 5.70 Å². The molecule has 6 heteroatoms. The van der Waals surface area contributed by atoms with Crippen molar-refractivity contribution in [2.24, 2.45) is 0 Å². The largest absolute Gasteiger partial charge is 0.284 e. The van der Waals surface area contributed by atoms with Crippen LogP contribution in [0.25, 0.3) is 5.70 Å². The van der Waals surface area contributed by atoms with Gasteiger partial charge in [-0.15, -0.1) is 11.8 Å². The molecule has 17 heavy (non-hydrogen) atoms. The molecule has 0 bridgehead atoms. The van der Waals surface area contributed by atoms with E-state index in [1.807, 2.05) is 37.3 Å². The summed E-state index contributed by atoms with van der Waals surface area (Å²) in [4.78, 5) is 1.11. The first-order valence-corrected chi connectivity index (χ1v) is 7.78. The number of rotatable bonds is 3. The second-order valence-corrected chi connectivity index (χ2v) is 6.78. The van der Waals surface area contributed by atoms with Crippen molar-refractivity contribution in [1.82, 2.24) is 5.48 Å². The van der Waals surface area contributed by atoms with Gasteiger partial charge in [0.05, 0.1) is 12.0 Å². The topological polar surface area (TPSA) is 55.4 Å². The van der Waals surface area contributed by atoms with Crippen LogP contribution in [0.15, 0.2) is 35.2 Å². The first-order chi connectivity index (χ1) is 7.96. The predicted octanol–water partition coefficient (Wildman–Crippen LogP) is 2.00. The average molecular weight is 271 g/mol. The van der Waals surface area contributed by atoms with Crippen LogP contribution in [0.2, 0.25) is 0 Å². The molecule has 1 heterocycles. The third-order valence-electron chi connectivity index (χ3n) is 2.19. The lowest BCUT2D eigenvalue weighted by Gasteiger charge is -2.21. The number of thioether (sulfide) groups is 1. The number of hydroxylamine groups is 1. The number of hydrogen-bond donors (Lipinski definition) is 1. The number of benzene rings is 1. The van der Waals surface area contributed by atoms with Gasteiger partial charge in [0.1, 0.15) is 0 Å². The molecule has 92 valence electrons. The van der Waals surface area contributed by atoms with Crippen LogP contribution in [0.5, 0.6) is 0 Å². The second-order valence-electron chi connectivity index (χ2n) is 3.79. The van der Waals surface area contributed by atoms with Crippen LogP contribution in [0.3, 0.4) is 0 Å². The molecule has 4 nitrogen and oxygen atoms in total. The average Bonchev–Trinajstić information content (AvgIpc) is 2.24. The van der Waals surface area contributed by atoms with Crippen LogP contribution in [0.1, 0.15) is 12.5 Å². The van der Waals surface area contributed by atoms with Gasteiger partial charge in [0.2, 0.25) is 0 Å².